The Kier molecular flexibility index (Phi) is 3.63. The van der Waals surface area contributed by atoms with Crippen molar-refractivity contribution in [2.24, 2.45) is 0 Å². The van der Waals surface area contributed by atoms with Crippen LogP contribution in [0, 0.1) is 13.8 Å². The minimum Gasteiger partial charge on any atom is -0.400 e. The molecule has 102 valence electrons. The maximum absolute atomic E-state index is 5.94. The van der Waals surface area contributed by atoms with Crippen molar-refractivity contribution in [3.63, 3.8) is 0 Å². The van der Waals surface area contributed by atoms with Crippen LogP contribution < -0.4 is 0 Å². The van der Waals surface area contributed by atoms with E-state index in [9.17, 15) is 0 Å². The number of rotatable bonds is 2. The molecule has 1 aromatic carbocycles. The molecule has 0 aliphatic carbocycles. The van der Waals surface area contributed by atoms with Crippen molar-refractivity contribution in [3.8, 4) is 0 Å². The van der Waals surface area contributed by atoms with Crippen molar-refractivity contribution in [3.05, 3.63) is 40.9 Å². The van der Waals surface area contributed by atoms with E-state index in [0.29, 0.717) is 0 Å². The highest BCUT2D eigenvalue weighted by molar-refractivity contribution is 6.52. The minimum absolute atomic E-state index is 0.272. The predicted molar refractivity (Wildman–Crippen MR) is 81.0 cm³/mol. The first-order valence-electron chi connectivity index (χ1n) is 6.82. The van der Waals surface area contributed by atoms with Crippen molar-refractivity contribution < 1.29 is 9.31 Å². The van der Waals surface area contributed by atoms with Crippen molar-refractivity contribution in [2.45, 2.75) is 52.7 Å². The Labute approximate surface area is 117 Å². The fraction of sp³-hybridized carbons (Fsp3) is 0.500. The number of hydrogen-bond donors (Lipinski definition) is 0. The van der Waals surface area contributed by atoms with Crippen molar-refractivity contribution >= 4 is 13.2 Å². The Balaban J connectivity index is 2.13. The van der Waals surface area contributed by atoms with Gasteiger partial charge in [0.1, 0.15) is 0 Å². The summed E-state index contributed by atoms with van der Waals surface area (Å²) in [4.78, 5) is 0. The fourth-order valence-electron chi connectivity index (χ4n) is 2.16. The molecule has 3 heteroatoms. The molecule has 0 aromatic heterocycles. The molecular weight excluding hydrogens is 235 g/mol. The lowest BCUT2D eigenvalue weighted by Gasteiger charge is -2.32. The van der Waals surface area contributed by atoms with Crippen molar-refractivity contribution in [1.29, 1.82) is 0 Å². The summed E-state index contributed by atoms with van der Waals surface area (Å²) in [6.45, 7) is 12.5. The van der Waals surface area contributed by atoms with Gasteiger partial charge in [-0.2, -0.15) is 0 Å². The first kappa shape index (κ1) is 14.4. The largest absolute Gasteiger partial charge is 0.487 e. The molecule has 2 nitrogen and oxygen atoms in total. The fourth-order valence-corrected chi connectivity index (χ4v) is 2.16. The molecule has 2 rings (SSSR count). The summed E-state index contributed by atoms with van der Waals surface area (Å²) in [5, 5.41) is 0. The lowest BCUT2D eigenvalue weighted by atomic mass is 9.88. The molecule has 1 saturated heterocycles. The second-order valence-corrected chi connectivity index (χ2v) is 6.34. The molecule has 0 saturated carbocycles. The van der Waals surface area contributed by atoms with Gasteiger partial charge in [-0.25, -0.2) is 0 Å². The van der Waals surface area contributed by atoms with Gasteiger partial charge in [-0.1, -0.05) is 35.8 Å². The predicted octanol–water partition coefficient (Wildman–Crippen LogP) is 3.95. The first-order chi connectivity index (χ1) is 8.71. The first-order valence-corrected chi connectivity index (χ1v) is 6.82. The maximum atomic E-state index is 5.94. The lowest BCUT2D eigenvalue weighted by molar-refractivity contribution is 0.00578. The lowest BCUT2D eigenvalue weighted by Crippen LogP contribution is -2.41. The smallest absolute Gasteiger partial charge is 0.400 e. The molecule has 1 aliphatic heterocycles. The van der Waals surface area contributed by atoms with E-state index < -0.39 is 0 Å². The molecule has 0 bridgehead atoms. The Morgan fingerprint density at radius 2 is 1.58 bits per heavy atom. The highest BCUT2D eigenvalue weighted by atomic mass is 16.7. The average molecular weight is 258 g/mol. The molecule has 1 aliphatic rings. The van der Waals surface area contributed by atoms with Crippen LogP contribution in [0.2, 0.25) is 0 Å². The third-order valence-corrected chi connectivity index (χ3v) is 4.13. The molecule has 0 atom stereocenters. The Bertz CT molecular complexity index is 487. The van der Waals surface area contributed by atoms with Crippen molar-refractivity contribution in [1.82, 2.24) is 0 Å². The second kappa shape index (κ2) is 4.80. The van der Waals surface area contributed by atoms with Gasteiger partial charge in [-0.05, 0) is 52.7 Å². The highest BCUT2D eigenvalue weighted by Crippen LogP contribution is 2.37. The molecule has 0 unspecified atom stereocenters. The number of hydrogen-bond acceptors (Lipinski definition) is 2. The van der Waals surface area contributed by atoms with E-state index >= 15 is 0 Å². The van der Waals surface area contributed by atoms with E-state index in [4.69, 9.17) is 9.31 Å². The topological polar surface area (TPSA) is 18.5 Å². The zero-order valence-corrected chi connectivity index (χ0v) is 12.8. The van der Waals surface area contributed by atoms with Crippen LogP contribution in [0.3, 0.4) is 0 Å². The van der Waals surface area contributed by atoms with E-state index in [1.165, 1.54) is 16.7 Å². The summed E-state index contributed by atoms with van der Waals surface area (Å²) < 4.78 is 11.9. The molecular formula is C16H23BO2. The van der Waals surface area contributed by atoms with Gasteiger partial charge in [0.2, 0.25) is 0 Å². The SMILES string of the molecule is Cc1ccc(C=CB2OC(C)(C)C(C)(C)O2)c(C)c1. The monoisotopic (exact) mass is 258 g/mol. The van der Waals surface area contributed by atoms with Crippen LogP contribution >= 0.6 is 0 Å². The third-order valence-electron chi connectivity index (χ3n) is 4.13. The van der Waals surface area contributed by atoms with Crippen LogP contribution in [0.25, 0.3) is 6.08 Å². The van der Waals surface area contributed by atoms with E-state index in [1.807, 2.05) is 5.98 Å². The summed E-state index contributed by atoms with van der Waals surface area (Å²) in [6, 6.07) is 6.44. The normalized spacial score (nSPS) is 21.3. The second-order valence-electron chi connectivity index (χ2n) is 6.34. The Morgan fingerprint density at radius 3 is 2.11 bits per heavy atom. The summed E-state index contributed by atoms with van der Waals surface area (Å²) in [7, 11) is -0.272. The van der Waals surface area contributed by atoms with E-state index in [-0.39, 0.29) is 18.3 Å². The molecule has 0 N–H and O–H groups in total. The summed E-state index contributed by atoms with van der Waals surface area (Å²) in [6.07, 6.45) is 2.08. The van der Waals surface area contributed by atoms with Crippen LogP contribution in [0.4, 0.5) is 0 Å². The summed E-state index contributed by atoms with van der Waals surface area (Å²) in [5.74, 6) is 1.99. The molecule has 1 aromatic rings. The van der Waals surface area contributed by atoms with E-state index in [1.54, 1.807) is 0 Å². The zero-order chi connectivity index (χ0) is 14.3. The molecule has 0 amide bonds. The van der Waals surface area contributed by atoms with E-state index in [0.717, 1.165) is 0 Å². The summed E-state index contributed by atoms with van der Waals surface area (Å²) >= 11 is 0. The zero-order valence-electron chi connectivity index (χ0n) is 12.8. The molecule has 19 heavy (non-hydrogen) atoms. The Morgan fingerprint density at radius 1 is 1.00 bits per heavy atom. The molecule has 0 spiro atoms. The third kappa shape index (κ3) is 2.93. The molecule has 1 heterocycles. The van der Waals surface area contributed by atoms with Gasteiger partial charge in [0.05, 0.1) is 11.2 Å². The van der Waals surface area contributed by atoms with Crippen LogP contribution in [0.5, 0.6) is 0 Å². The quantitative estimate of drug-likeness (QED) is 0.748. The van der Waals surface area contributed by atoms with Gasteiger partial charge in [0.15, 0.2) is 0 Å². The summed E-state index contributed by atoms with van der Waals surface area (Å²) in [5.41, 5.74) is 3.22. The van der Waals surface area contributed by atoms with Gasteiger partial charge in [0.25, 0.3) is 0 Å². The maximum Gasteiger partial charge on any atom is 0.487 e. The Hall–Kier alpha value is -1.06. The van der Waals surface area contributed by atoms with Crippen LogP contribution in [0.15, 0.2) is 24.2 Å². The van der Waals surface area contributed by atoms with Gasteiger partial charge in [-0.15, -0.1) is 0 Å². The van der Waals surface area contributed by atoms with Crippen LogP contribution in [-0.4, -0.2) is 18.3 Å². The molecule has 0 radical (unpaired) electrons. The highest BCUT2D eigenvalue weighted by Gasteiger charge is 2.49. The van der Waals surface area contributed by atoms with E-state index in [2.05, 4.69) is 65.8 Å². The van der Waals surface area contributed by atoms with Gasteiger partial charge in [0, 0.05) is 0 Å². The minimum atomic E-state index is -0.273. The van der Waals surface area contributed by atoms with Crippen LogP contribution in [0.1, 0.15) is 44.4 Å². The number of benzene rings is 1. The average Bonchev–Trinajstić information content (AvgIpc) is 2.46. The van der Waals surface area contributed by atoms with Crippen LogP contribution in [-0.2, 0) is 9.31 Å². The van der Waals surface area contributed by atoms with Gasteiger partial charge in [-0.3, -0.25) is 0 Å². The van der Waals surface area contributed by atoms with Crippen molar-refractivity contribution in [2.75, 3.05) is 0 Å². The molecule has 1 fully saturated rings. The standard InChI is InChI=1S/C16H23BO2/c1-12-7-8-14(13(2)11-12)9-10-17-18-15(3,4)16(5,6)19-17/h7-11H,1-6H3. The number of aryl methyl sites for hydroxylation is 2. The van der Waals surface area contributed by atoms with Gasteiger partial charge >= 0.3 is 7.12 Å². The van der Waals surface area contributed by atoms with Gasteiger partial charge < -0.3 is 9.31 Å².